The molecule has 2 aliphatic rings. The van der Waals surface area contributed by atoms with Gasteiger partial charge in [0.05, 0.1) is 12.5 Å². The van der Waals surface area contributed by atoms with Crippen LogP contribution in [0, 0.1) is 5.92 Å². The van der Waals surface area contributed by atoms with Crippen LogP contribution in [0.15, 0.2) is 30.3 Å². The molecule has 1 aromatic carbocycles. The van der Waals surface area contributed by atoms with Crippen LogP contribution >= 0.6 is 11.8 Å². The number of nitrogens with two attached hydrogens (primary N) is 1. The van der Waals surface area contributed by atoms with Gasteiger partial charge in [-0.15, -0.1) is 0 Å². The highest BCUT2D eigenvalue weighted by Crippen LogP contribution is 2.22. The molecule has 0 unspecified atom stereocenters. The fourth-order valence-corrected chi connectivity index (χ4v) is 5.33. The Balaban J connectivity index is 1.98. The Kier molecular flexibility index (Phi) is 10.8. The number of rotatable bonds is 5. The normalized spacial score (nSPS) is 29.4. The lowest BCUT2D eigenvalue weighted by molar-refractivity contribution is -0.143. The van der Waals surface area contributed by atoms with E-state index in [-0.39, 0.29) is 25.3 Å². The van der Waals surface area contributed by atoms with Crippen LogP contribution in [0.5, 0.6) is 0 Å². The molecule has 39 heavy (non-hydrogen) atoms. The third kappa shape index (κ3) is 7.95. The Morgan fingerprint density at radius 1 is 0.974 bits per heavy atom. The largest absolute Gasteiger partial charge is 0.347 e. The average Bonchev–Trinajstić information content (AvgIpc) is 3.30. The summed E-state index contributed by atoms with van der Waals surface area (Å²) >= 11 is 1.54. The summed E-state index contributed by atoms with van der Waals surface area (Å²) in [6, 6.07) is 4.34. The van der Waals surface area contributed by atoms with Gasteiger partial charge in [0.2, 0.25) is 29.5 Å². The number of thioether (sulfide) groups is 1. The number of hydrogen-bond acceptors (Lipinski definition) is 7. The topological polar surface area (TPSA) is 163 Å². The molecule has 6 atom stereocenters. The number of hydrogen-bond donors (Lipinski definition) is 5. The monoisotopic (exact) mass is 560 g/mol. The summed E-state index contributed by atoms with van der Waals surface area (Å²) in [5.41, 5.74) is 6.86. The van der Waals surface area contributed by atoms with E-state index in [0.29, 0.717) is 17.7 Å². The Bertz CT molecular complexity index is 1050. The first kappa shape index (κ1) is 30.4. The molecule has 3 rings (SSSR count). The number of benzene rings is 1. The van der Waals surface area contributed by atoms with E-state index < -0.39 is 65.8 Å². The summed E-state index contributed by atoms with van der Waals surface area (Å²) in [5, 5.41) is 11.2. The maximum absolute atomic E-state index is 13.6. The molecule has 2 saturated heterocycles. The summed E-state index contributed by atoms with van der Waals surface area (Å²) in [7, 11) is 0. The first-order valence-corrected chi connectivity index (χ1v) is 14.7. The molecular weight excluding hydrogens is 520 g/mol. The van der Waals surface area contributed by atoms with Gasteiger partial charge < -0.3 is 31.9 Å². The SMILES string of the molecule is CSCC[C@@H]1NC(=O)C[C@@H](c2ccccc2)NC(=O)[C@H](C)NC(=O)[C@@H]2C[C@H](N)CN2C(=O)[C@H](C(C)C)NC1=O. The summed E-state index contributed by atoms with van der Waals surface area (Å²) < 4.78 is 0. The fraction of sp³-hybridized carbons (Fsp3) is 0.593. The van der Waals surface area contributed by atoms with Crippen molar-refractivity contribution in [2.24, 2.45) is 11.7 Å². The molecule has 2 aliphatic heterocycles. The van der Waals surface area contributed by atoms with E-state index >= 15 is 0 Å². The first-order chi connectivity index (χ1) is 18.5. The number of nitrogens with one attached hydrogen (secondary N) is 4. The molecule has 6 N–H and O–H groups in total. The zero-order valence-electron chi connectivity index (χ0n) is 22.9. The molecule has 5 amide bonds. The molecule has 0 radical (unpaired) electrons. The summed E-state index contributed by atoms with van der Waals surface area (Å²) in [4.78, 5) is 68.0. The standard InChI is InChI=1S/C27H40N6O5S/c1-15(2)23-27(38)33-14-18(28)12-21(33)26(37)29-16(3)24(35)31-20(17-8-6-5-7-9-17)13-22(34)30-19(10-11-39-4)25(36)32-23/h5-9,15-16,18-21,23H,10-14,28H2,1-4H3,(H,29,37)(H,30,34)(H,31,35)(H,32,36)/t16-,18-,19-,20-,21-,23-/m0/s1. The number of fused-ring (bicyclic) bond motifs is 1. The quantitative estimate of drug-likeness (QED) is 0.340. The zero-order valence-corrected chi connectivity index (χ0v) is 23.8. The minimum Gasteiger partial charge on any atom is -0.347 e. The van der Waals surface area contributed by atoms with E-state index in [1.807, 2.05) is 12.3 Å². The van der Waals surface area contributed by atoms with Crippen molar-refractivity contribution in [3.05, 3.63) is 35.9 Å². The maximum atomic E-state index is 13.6. The minimum atomic E-state index is -0.927. The fourth-order valence-electron chi connectivity index (χ4n) is 4.86. The van der Waals surface area contributed by atoms with Gasteiger partial charge in [0.15, 0.2) is 0 Å². The van der Waals surface area contributed by atoms with Crippen LogP contribution in [0.1, 0.15) is 51.6 Å². The molecule has 0 spiro atoms. The smallest absolute Gasteiger partial charge is 0.246 e. The predicted octanol–water partition coefficient (Wildman–Crippen LogP) is 0.0592. The van der Waals surface area contributed by atoms with Crippen molar-refractivity contribution in [1.82, 2.24) is 26.2 Å². The van der Waals surface area contributed by atoms with E-state index in [9.17, 15) is 24.0 Å². The molecule has 0 saturated carbocycles. The Labute approximate surface area is 233 Å². The number of amides is 5. The lowest BCUT2D eigenvalue weighted by Crippen LogP contribution is -2.59. The van der Waals surface area contributed by atoms with Crippen LogP contribution in [-0.4, -0.2) is 83.2 Å². The second-order valence-corrected chi connectivity index (χ2v) is 11.5. The van der Waals surface area contributed by atoms with E-state index in [0.717, 1.165) is 0 Å². The van der Waals surface area contributed by atoms with Crippen molar-refractivity contribution in [3.8, 4) is 0 Å². The molecule has 0 bridgehead atoms. The molecule has 1 aromatic rings. The molecule has 2 heterocycles. The number of carbonyl (C=O) groups excluding carboxylic acids is 5. The molecule has 12 heteroatoms. The van der Waals surface area contributed by atoms with Gasteiger partial charge in [-0.3, -0.25) is 24.0 Å². The van der Waals surface area contributed by atoms with E-state index in [1.54, 1.807) is 45.0 Å². The Hall–Kier alpha value is -3.12. The molecule has 2 fully saturated rings. The van der Waals surface area contributed by atoms with Gasteiger partial charge >= 0.3 is 0 Å². The summed E-state index contributed by atoms with van der Waals surface area (Å²) in [6.07, 6.45) is 2.39. The van der Waals surface area contributed by atoms with Crippen molar-refractivity contribution >= 4 is 41.3 Å². The van der Waals surface area contributed by atoms with Crippen LogP contribution in [0.2, 0.25) is 0 Å². The van der Waals surface area contributed by atoms with Gasteiger partial charge in [0.1, 0.15) is 24.2 Å². The van der Waals surface area contributed by atoms with E-state index in [1.165, 1.54) is 16.7 Å². The second-order valence-electron chi connectivity index (χ2n) is 10.5. The Morgan fingerprint density at radius 3 is 2.31 bits per heavy atom. The van der Waals surface area contributed by atoms with Gasteiger partial charge in [-0.25, -0.2) is 0 Å². The van der Waals surface area contributed by atoms with Crippen LogP contribution < -0.4 is 27.0 Å². The second kappa shape index (κ2) is 13.8. The molecule has 214 valence electrons. The summed E-state index contributed by atoms with van der Waals surface area (Å²) in [6.45, 7) is 5.31. The minimum absolute atomic E-state index is 0.114. The van der Waals surface area contributed by atoms with E-state index in [2.05, 4.69) is 21.3 Å². The highest BCUT2D eigenvalue weighted by atomic mass is 32.2. The van der Waals surface area contributed by atoms with Crippen LogP contribution in [-0.2, 0) is 24.0 Å². The highest BCUT2D eigenvalue weighted by Gasteiger charge is 2.42. The molecule has 0 aliphatic carbocycles. The van der Waals surface area contributed by atoms with Gasteiger partial charge in [0.25, 0.3) is 0 Å². The van der Waals surface area contributed by atoms with Crippen LogP contribution in [0.4, 0.5) is 0 Å². The Morgan fingerprint density at radius 2 is 1.67 bits per heavy atom. The molecule has 0 aromatic heterocycles. The van der Waals surface area contributed by atoms with Gasteiger partial charge in [-0.05, 0) is 43.3 Å². The van der Waals surface area contributed by atoms with Crippen LogP contribution in [0.3, 0.4) is 0 Å². The average molecular weight is 561 g/mol. The number of nitrogens with zero attached hydrogens (tertiary/aromatic N) is 1. The lowest BCUT2D eigenvalue weighted by atomic mass is 10.0. The van der Waals surface area contributed by atoms with Gasteiger partial charge in [-0.2, -0.15) is 11.8 Å². The van der Waals surface area contributed by atoms with Crippen molar-refractivity contribution in [1.29, 1.82) is 0 Å². The van der Waals surface area contributed by atoms with Crippen molar-refractivity contribution in [3.63, 3.8) is 0 Å². The maximum Gasteiger partial charge on any atom is 0.246 e. The third-order valence-corrected chi connectivity index (χ3v) is 7.72. The first-order valence-electron chi connectivity index (χ1n) is 13.3. The zero-order chi connectivity index (χ0) is 28.7. The van der Waals surface area contributed by atoms with Crippen molar-refractivity contribution in [2.45, 2.75) is 76.3 Å². The van der Waals surface area contributed by atoms with Crippen molar-refractivity contribution < 1.29 is 24.0 Å². The predicted molar refractivity (Wildman–Crippen MR) is 149 cm³/mol. The van der Waals surface area contributed by atoms with Crippen molar-refractivity contribution in [2.75, 3.05) is 18.6 Å². The third-order valence-electron chi connectivity index (χ3n) is 7.07. The highest BCUT2D eigenvalue weighted by molar-refractivity contribution is 7.98. The van der Waals surface area contributed by atoms with Gasteiger partial charge in [0, 0.05) is 12.6 Å². The van der Waals surface area contributed by atoms with Crippen LogP contribution in [0.25, 0.3) is 0 Å². The number of carbonyl (C=O) groups is 5. The lowest BCUT2D eigenvalue weighted by Gasteiger charge is -2.32. The molecule has 11 nitrogen and oxygen atoms in total. The molecular formula is C27H40N6O5S. The van der Waals surface area contributed by atoms with E-state index in [4.69, 9.17) is 5.73 Å². The summed E-state index contributed by atoms with van der Waals surface area (Å²) in [5.74, 6) is -1.97. The van der Waals surface area contributed by atoms with Gasteiger partial charge in [-0.1, -0.05) is 44.2 Å².